The Labute approximate surface area is 183 Å². The molecule has 0 atom stereocenters. The molecule has 0 bridgehead atoms. The number of carbonyl (C=O) groups is 1. The van der Waals surface area contributed by atoms with Gasteiger partial charge < -0.3 is 14.8 Å². The minimum Gasteiger partial charge on any atom is -0.357 e. The van der Waals surface area contributed by atoms with Gasteiger partial charge in [0.15, 0.2) is 0 Å². The number of rotatable bonds is 9. The summed E-state index contributed by atoms with van der Waals surface area (Å²) in [5.74, 6) is 0.605. The average molecular weight is 419 g/mol. The SMILES string of the molecule is CCCN(CCC)c1ccc(CN(C(=O)c2ccc[nH]c2=O)c2ccc(C)cc2)cn1. The van der Waals surface area contributed by atoms with E-state index < -0.39 is 5.56 Å². The Bertz CT molecular complexity index is 1040. The zero-order valence-electron chi connectivity index (χ0n) is 18.5. The first-order chi connectivity index (χ1) is 15.0. The molecule has 162 valence electrons. The Hall–Kier alpha value is -3.41. The zero-order valence-corrected chi connectivity index (χ0v) is 18.5. The van der Waals surface area contributed by atoms with Crippen LogP contribution in [0.5, 0.6) is 0 Å². The van der Waals surface area contributed by atoms with Crippen molar-refractivity contribution in [3.63, 3.8) is 0 Å². The molecule has 3 rings (SSSR count). The molecule has 1 amide bonds. The van der Waals surface area contributed by atoms with Crippen LogP contribution in [0.4, 0.5) is 11.5 Å². The summed E-state index contributed by atoms with van der Waals surface area (Å²) in [4.78, 5) is 36.6. The molecule has 3 aromatic rings. The van der Waals surface area contributed by atoms with Crippen LogP contribution in [-0.4, -0.2) is 29.0 Å². The summed E-state index contributed by atoms with van der Waals surface area (Å²) in [6.07, 6.45) is 5.46. The largest absolute Gasteiger partial charge is 0.357 e. The molecular weight excluding hydrogens is 388 g/mol. The number of aryl methyl sites for hydroxylation is 1. The van der Waals surface area contributed by atoms with Crippen molar-refractivity contribution in [2.75, 3.05) is 22.9 Å². The van der Waals surface area contributed by atoms with Crippen LogP contribution in [0.2, 0.25) is 0 Å². The van der Waals surface area contributed by atoms with Crippen LogP contribution in [0.1, 0.15) is 48.2 Å². The summed E-state index contributed by atoms with van der Waals surface area (Å²) < 4.78 is 0. The summed E-state index contributed by atoms with van der Waals surface area (Å²) in [6, 6.07) is 14.9. The highest BCUT2D eigenvalue weighted by Gasteiger charge is 2.21. The predicted octanol–water partition coefficient (Wildman–Crippen LogP) is 4.55. The van der Waals surface area contributed by atoms with E-state index in [1.807, 2.05) is 49.5 Å². The number of benzene rings is 1. The van der Waals surface area contributed by atoms with Gasteiger partial charge in [-0.15, -0.1) is 0 Å². The number of carbonyl (C=O) groups excluding carboxylic acids is 1. The van der Waals surface area contributed by atoms with E-state index in [1.165, 1.54) is 6.20 Å². The van der Waals surface area contributed by atoms with E-state index in [2.05, 4.69) is 28.7 Å². The van der Waals surface area contributed by atoms with Crippen LogP contribution in [-0.2, 0) is 6.54 Å². The third-order valence-corrected chi connectivity index (χ3v) is 5.10. The highest BCUT2D eigenvalue weighted by molar-refractivity contribution is 6.05. The number of pyridine rings is 2. The second-order valence-corrected chi connectivity index (χ2v) is 7.65. The van der Waals surface area contributed by atoms with E-state index in [-0.39, 0.29) is 11.5 Å². The van der Waals surface area contributed by atoms with Gasteiger partial charge in [0.05, 0.1) is 6.54 Å². The van der Waals surface area contributed by atoms with Crippen LogP contribution in [0.15, 0.2) is 65.7 Å². The second-order valence-electron chi connectivity index (χ2n) is 7.65. The van der Waals surface area contributed by atoms with E-state index in [4.69, 9.17) is 0 Å². The van der Waals surface area contributed by atoms with Crippen LogP contribution in [0, 0.1) is 6.92 Å². The summed E-state index contributed by atoms with van der Waals surface area (Å²) in [5.41, 5.74) is 2.46. The summed E-state index contributed by atoms with van der Waals surface area (Å²) in [5, 5.41) is 0. The van der Waals surface area contributed by atoms with Crippen LogP contribution < -0.4 is 15.4 Å². The zero-order chi connectivity index (χ0) is 22.2. The van der Waals surface area contributed by atoms with E-state index in [0.29, 0.717) is 6.54 Å². The number of anilines is 2. The highest BCUT2D eigenvalue weighted by atomic mass is 16.2. The first-order valence-electron chi connectivity index (χ1n) is 10.8. The minimum atomic E-state index is -0.396. The lowest BCUT2D eigenvalue weighted by atomic mass is 10.1. The molecule has 0 radical (unpaired) electrons. The van der Waals surface area contributed by atoms with Crippen LogP contribution in [0.3, 0.4) is 0 Å². The Kier molecular flexibility index (Phi) is 7.60. The molecule has 1 N–H and O–H groups in total. The average Bonchev–Trinajstić information content (AvgIpc) is 2.78. The lowest BCUT2D eigenvalue weighted by Crippen LogP contribution is -2.34. The second kappa shape index (κ2) is 10.6. The third kappa shape index (κ3) is 5.60. The van der Waals surface area contributed by atoms with Gasteiger partial charge in [-0.2, -0.15) is 0 Å². The molecule has 0 spiro atoms. The summed E-state index contributed by atoms with van der Waals surface area (Å²) in [7, 11) is 0. The number of nitrogens with one attached hydrogen (secondary N) is 1. The Morgan fingerprint density at radius 2 is 1.71 bits per heavy atom. The fourth-order valence-corrected chi connectivity index (χ4v) is 3.50. The molecule has 0 aliphatic rings. The van der Waals surface area contributed by atoms with Crippen molar-refractivity contribution in [2.24, 2.45) is 0 Å². The Balaban J connectivity index is 1.90. The van der Waals surface area contributed by atoms with Gasteiger partial charge in [-0.3, -0.25) is 9.59 Å². The van der Waals surface area contributed by atoms with Gasteiger partial charge in [0.25, 0.3) is 11.5 Å². The molecule has 0 aliphatic heterocycles. The van der Waals surface area contributed by atoms with Crippen molar-refractivity contribution >= 4 is 17.4 Å². The molecule has 0 saturated heterocycles. The molecule has 31 heavy (non-hydrogen) atoms. The Morgan fingerprint density at radius 1 is 1.00 bits per heavy atom. The van der Waals surface area contributed by atoms with Gasteiger partial charge in [-0.25, -0.2) is 4.98 Å². The van der Waals surface area contributed by atoms with Gasteiger partial charge in [0, 0.05) is 31.2 Å². The van der Waals surface area contributed by atoms with Crippen molar-refractivity contribution < 1.29 is 4.79 Å². The predicted molar refractivity (Wildman–Crippen MR) is 126 cm³/mol. The standard InChI is InChI=1S/C25H30N4O2/c1-4-15-28(16-5-2)23-13-10-20(17-27-23)18-29(21-11-8-19(3)9-12-21)25(31)22-7-6-14-26-24(22)30/h6-14,17H,4-5,15-16,18H2,1-3H3,(H,26,30). The van der Waals surface area contributed by atoms with Gasteiger partial charge in [-0.1, -0.05) is 37.6 Å². The molecule has 0 fully saturated rings. The topological polar surface area (TPSA) is 69.3 Å². The van der Waals surface area contributed by atoms with Crippen LogP contribution >= 0.6 is 0 Å². The molecular formula is C25H30N4O2. The first-order valence-corrected chi connectivity index (χ1v) is 10.8. The van der Waals surface area contributed by atoms with Crippen molar-refractivity contribution in [2.45, 2.75) is 40.2 Å². The number of H-pyrrole nitrogens is 1. The smallest absolute Gasteiger partial charge is 0.264 e. The van der Waals surface area contributed by atoms with Crippen molar-refractivity contribution in [1.29, 1.82) is 0 Å². The number of amides is 1. The highest BCUT2D eigenvalue weighted by Crippen LogP contribution is 2.21. The fourth-order valence-electron chi connectivity index (χ4n) is 3.50. The lowest BCUT2D eigenvalue weighted by molar-refractivity contribution is 0.0983. The molecule has 2 aromatic heterocycles. The van der Waals surface area contributed by atoms with E-state index in [0.717, 1.165) is 48.6 Å². The molecule has 2 heterocycles. The maximum atomic E-state index is 13.3. The molecule has 6 heteroatoms. The van der Waals surface area contributed by atoms with Gasteiger partial charge in [0.2, 0.25) is 0 Å². The molecule has 0 saturated carbocycles. The molecule has 6 nitrogen and oxygen atoms in total. The number of aromatic amines is 1. The number of nitrogens with zero attached hydrogens (tertiary/aromatic N) is 3. The van der Waals surface area contributed by atoms with E-state index in [9.17, 15) is 9.59 Å². The number of hydrogen-bond acceptors (Lipinski definition) is 4. The normalized spacial score (nSPS) is 10.7. The maximum Gasteiger partial charge on any atom is 0.264 e. The van der Waals surface area contributed by atoms with Gasteiger partial charge in [0.1, 0.15) is 11.4 Å². The van der Waals surface area contributed by atoms with Gasteiger partial charge in [-0.05, 0) is 55.7 Å². The Morgan fingerprint density at radius 3 is 2.29 bits per heavy atom. The van der Waals surface area contributed by atoms with Crippen molar-refractivity contribution in [1.82, 2.24) is 9.97 Å². The van der Waals surface area contributed by atoms with Crippen molar-refractivity contribution in [3.8, 4) is 0 Å². The van der Waals surface area contributed by atoms with E-state index in [1.54, 1.807) is 17.0 Å². The number of hydrogen-bond donors (Lipinski definition) is 1. The lowest BCUT2D eigenvalue weighted by Gasteiger charge is -2.24. The monoisotopic (exact) mass is 418 g/mol. The first kappa shape index (κ1) is 22.3. The third-order valence-electron chi connectivity index (χ3n) is 5.10. The molecule has 0 aliphatic carbocycles. The molecule has 1 aromatic carbocycles. The van der Waals surface area contributed by atoms with Crippen LogP contribution in [0.25, 0.3) is 0 Å². The van der Waals surface area contributed by atoms with Gasteiger partial charge >= 0.3 is 0 Å². The fraction of sp³-hybridized carbons (Fsp3) is 0.320. The quantitative estimate of drug-likeness (QED) is 0.553. The summed E-state index contributed by atoms with van der Waals surface area (Å²) in [6.45, 7) is 8.57. The van der Waals surface area contributed by atoms with E-state index >= 15 is 0 Å². The maximum absolute atomic E-state index is 13.3. The number of aromatic nitrogens is 2. The minimum absolute atomic E-state index is 0.115. The molecule has 0 unspecified atom stereocenters. The van der Waals surface area contributed by atoms with Crippen molar-refractivity contribution in [3.05, 3.63) is 88.0 Å². The summed E-state index contributed by atoms with van der Waals surface area (Å²) >= 11 is 0.